The van der Waals surface area contributed by atoms with E-state index in [0.29, 0.717) is 4.47 Å². The molecule has 0 aliphatic rings. The van der Waals surface area contributed by atoms with E-state index in [1.54, 1.807) is 10.9 Å². The number of aromatic nitrogens is 2. The normalized spacial score (nSPS) is 10.9. The van der Waals surface area contributed by atoms with E-state index in [0.717, 1.165) is 16.5 Å². The van der Waals surface area contributed by atoms with Crippen LogP contribution < -0.4 is 0 Å². The number of fused-ring (bicyclic) bond motifs is 1. The Morgan fingerprint density at radius 1 is 1.06 bits per heavy atom. The smallest absolute Gasteiger partial charge is 0.137 e. The van der Waals surface area contributed by atoms with E-state index in [1.165, 1.54) is 0 Å². The average molecular weight is 289 g/mol. The molecule has 0 saturated carbocycles. The molecule has 0 aliphatic heterocycles. The monoisotopic (exact) mass is 288 g/mol. The number of aromatic hydroxyl groups is 1. The van der Waals surface area contributed by atoms with Crippen LogP contribution in [0.1, 0.15) is 0 Å². The van der Waals surface area contributed by atoms with Gasteiger partial charge in [-0.3, -0.25) is 0 Å². The maximum Gasteiger partial charge on any atom is 0.137 e. The molecular weight excluding hydrogens is 280 g/mol. The quantitative estimate of drug-likeness (QED) is 0.744. The van der Waals surface area contributed by atoms with Gasteiger partial charge in [0.05, 0.1) is 10.2 Å². The highest BCUT2D eigenvalue weighted by Crippen LogP contribution is 2.34. The maximum atomic E-state index is 10.0. The highest BCUT2D eigenvalue weighted by molar-refractivity contribution is 9.10. The second kappa shape index (κ2) is 3.89. The van der Waals surface area contributed by atoms with E-state index in [4.69, 9.17) is 0 Å². The molecule has 1 heterocycles. The van der Waals surface area contributed by atoms with E-state index in [2.05, 4.69) is 21.0 Å². The summed E-state index contributed by atoms with van der Waals surface area (Å²) in [6.45, 7) is 0. The van der Waals surface area contributed by atoms with Crippen LogP contribution in [0.4, 0.5) is 0 Å². The zero-order chi connectivity index (χ0) is 11.8. The van der Waals surface area contributed by atoms with Crippen molar-refractivity contribution in [3.8, 4) is 11.4 Å². The molecule has 3 rings (SSSR count). The molecule has 84 valence electrons. The van der Waals surface area contributed by atoms with Gasteiger partial charge in [0, 0.05) is 23.2 Å². The first-order chi connectivity index (χ1) is 8.27. The van der Waals surface area contributed by atoms with Crippen molar-refractivity contribution in [2.45, 2.75) is 0 Å². The Hall–Kier alpha value is -1.81. The maximum absolute atomic E-state index is 10.0. The van der Waals surface area contributed by atoms with Crippen molar-refractivity contribution >= 4 is 26.7 Å². The Bertz CT molecular complexity index is 677. The molecule has 0 atom stereocenters. The van der Waals surface area contributed by atoms with Gasteiger partial charge in [-0.1, -0.05) is 18.2 Å². The van der Waals surface area contributed by atoms with Crippen LogP contribution in [0, 0.1) is 0 Å². The average Bonchev–Trinajstić information content (AvgIpc) is 2.87. The minimum Gasteiger partial charge on any atom is -0.506 e. The Morgan fingerprint density at radius 3 is 2.71 bits per heavy atom. The number of rotatable bonds is 1. The van der Waals surface area contributed by atoms with Crippen molar-refractivity contribution in [1.29, 1.82) is 0 Å². The Labute approximate surface area is 106 Å². The van der Waals surface area contributed by atoms with E-state index in [-0.39, 0.29) is 5.75 Å². The molecule has 0 radical (unpaired) electrons. The molecule has 0 amide bonds. The third-order valence-corrected chi connectivity index (χ3v) is 3.35. The summed E-state index contributed by atoms with van der Waals surface area (Å²) in [5.74, 6) is 0.261. The molecule has 0 aliphatic carbocycles. The van der Waals surface area contributed by atoms with E-state index in [9.17, 15) is 5.11 Å². The Morgan fingerprint density at radius 2 is 1.94 bits per heavy atom. The standard InChI is InChI=1S/C13H9BrN2O/c14-11-6-5-9-10(13(11)17)3-1-4-12(9)16-8-2-7-15-16/h1-8,17H. The summed E-state index contributed by atoms with van der Waals surface area (Å²) >= 11 is 3.32. The van der Waals surface area contributed by atoms with E-state index in [1.807, 2.05) is 42.6 Å². The molecule has 17 heavy (non-hydrogen) atoms. The molecule has 0 spiro atoms. The third-order valence-electron chi connectivity index (χ3n) is 2.71. The fourth-order valence-corrected chi connectivity index (χ4v) is 2.26. The van der Waals surface area contributed by atoms with Crippen LogP contribution in [-0.2, 0) is 0 Å². The van der Waals surface area contributed by atoms with Crippen LogP contribution in [0.25, 0.3) is 16.5 Å². The van der Waals surface area contributed by atoms with Crippen molar-refractivity contribution in [3.63, 3.8) is 0 Å². The predicted molar refractivity (Wildman–Crippen MR) is 70.4 cm³/mol. The zero-order valence-electron chi connectivity index (χ0n) is 8.84. The molecule has 0 fully saturated rings. The Kier molecular flexibility index (Phi) is 2.37. The summed E-state index contributed by atoms with van der Waals surface area (Å²) in [6, 6.07) is 11.5. The van der Waals surface area contributed by atoms with E-state index >= 15 is 0 Å². The fraction of sp³-hybridized carbons (Fsp3) is 0. The topological polar surface area (TPSA) is 38.0 Å². The molecule has 2 aromatic carbocycles. The van der Waals surface area contributed by atoms with Gasteiger partial charge in [-0.2, -0.15) is 5.10 Å². The third kappa shape index (κ3) is 1.61. The summed E-state index contributed by atoms with van der Waals surface area (Å²) < 4.78 is 2.48. The number of hydrogen-bond acceptors (Lipinski definition) is 2. The first-order valence-corrected chi connectivity index (χ1v) is 5.97. The molecule has 3 aromatic rings. The molecule has 4 heteroatoms. The minimum absolute atomic E-state index is 0.261. The van der Waals surface area contributed by atoms with Gasteiger partial charge in [-0.05, 0) is 34.1 Å². The highest BCUT2D eigenvalue weighted by Gasteiger charge is 2.08. The number of benzene rings is 2. The van der Waals surface area contributed by atoms with Crippen molar-refractivity contribution < 1.29 is 5.11 Å². The SMILES string of the molecule is Oc1c(Br)ccc2c(-n3cccn3)cccc12. The molecule has 0 saturated heterocycles. The van der Waals surface area contributed by atoms with Gasteiger partial charge < -0.3 is 5.11 Å². The molecule has 3 nitrogen and oxygen atoms in total. The van der Waals surface area contributed by atoms with Gasteiger partial charge in [0.1, 0.15) is 5.75 Å². The van der Waals surface area contributed by atoms with Crippen LogP contribution in [0.3, 0.4) is 0 Å². The lowest BCUT2D eigenvalue weighted by atomic mass is 10.1. The lowest BCUT2D eigenvalue weighted by Gasteiger charge is -2.08. The van der Waals surface area contributed by atoms with Gasteiger partial charge in [-0.25, -0.2) is 4.68 Å². The highest BCUT2D eigenvalue weighted by atomic mass is 79.9. The number of phenols is 1. The zero-order valence-corrected chi connectivity index (χ0v) is 10.4. The molecule has 1 N–H and O–H groups in total. The summed E-state index contributed by atoms with van der Waals surface area (Å²) in [6.07, 6.45) is 3.62. The number of phenolic OH excluding ortho intramolecular Hbond substituents is 1. The predicted octanol–water partition coefficient (Wildman–Crippen LogP) is 3.49. The number of hydrogen-bond donors (Lipinski definition) is 1. The Balaban J connectivity index is 2.38. The van der Waals surface area contributed by atoms with Crippen molar-refractivity contribution in [2.75, 3.05) is 0 Å². The number of halogens is 1. The summed E-state index contributed by atoms with van der Waals surface area (Å²) in [5.41, 5.74) is 0.954. The van der Waals surface area contributed by atoms with Crippen molar-refractivity contribution in [3.05, 3.63) is 53.3 Å². The lowest BCUT2D eigenvalue weighted by molar-refractivity contribution is 0.478. The molecule has 0 bridgehead atoms. The van der Waals surface area contributed by atoms with Crippen LogP contribution in [0.2, 0.25) is 0 Å². The van der Waals surface area contributed by atoms with Gasteiger partial charge in [0.25, 0.3) is 0 Å². The van der Waals surface area contributed by atoms with E-state index < -0.39 is 0 Å². The number of nitrogens with zero attached hydrogens (tertiary/aromatic N) is 2. The van der Waals surface area contributed by atoms with Gasteiger partial charge in [-0.15, -0.1) is 0 Å². The summed E-state index contributed by atoms with van der Waals surface area (Å²) in [5, 5.41) is 16.0. The summed E-state index contributed by atoms with van der Waals surface area (Å²) in [4.78, 5) is 0. The molecule has 0 unspecified atom stereocenters. The minimum atomic E-state index is 0.261. The van der Waals surface area contributed by atoms with Crippen molar-refractivity contribution in [2.24, 2.45) is 0 Å². The molecular formula is C13H9BrN2O. The van der Waals surface area contributed by atoms with Crippen LogP contribution in [-0.4, -0.2) is 14.9 Å². The fourth-order valence-electron chi connectivity index (χ4n) is 1.91. The second-order valence-corrected chi connectivity index (χ2v) is 4.57. The first kappa shape index (κ1) is 10.4. The van der Waals surface area contributed by atoms with Crippen LogP contribution >= 0.6 is 15.9 Å². The van der Waals surface area contributed by atoms with Gasteiger partial charge in [0.15, 0.2) is 0 Å². The van der Waals surface area contributed by atoms with Crippen molar-refractivity contribution in [1.82, 2.24) is 9.78 Å². The molecule has 1 aromatic heterocycles. The van der Waals surface area contributed by atoms with Crippen LogP contribution in [0.15, 0.2) is 53.3 Å². The van der Waals surface area contributed by atoms with Gasteiger partial charge >= 0.3 is 0 Å². The largest absolute Gasteiger partial charge is 0.506 e. The second-order valence-electron chi connectivity index (χ2n) is 3.72. The lowest BCUT2D eigenvalue weighted by Crippen LogP contribution is -1.95. The summed E-state index contributed by atoms with van der Waals surface area (Å²) in [7, 11) is 0. The van der Waals surface area contributed by atoms with Gasteiger partial charge in [0.2, 0.25) is 0 Å². The first-order valence-electron chi connectivity index (χ1n) is 5.17. The van der Waals surface area contributed by atoms with Crippen LogP contribution in [0.5, 0.6) is 5.75 Å².